The molecule has 1 aliphatic rings. The topological polar surface area (TPSA) is 105 Å². The molecule has 0 aliphatic carbocycles. The van der Waals surface area contributed by atoms with E-state index in [0.29, 0.717) is 23.5 Å². The Morgan fingerprint density at radius 3 is 2.62 bits per heavy atom. The van der Waals surface area contributed by atoms with Crippen molar-refractivity contribution in [3.8, 4) is 11.1 Å². The summed E-state index contributed by atoms with van der Waals surface area (Å²) in [7, 11) is 3.60. The van der Waals surface area contributed by atoms with Crippen LogP contribution in [0.2, 0.25) is 0 Å². The Balaban J connectivity index is 1.27. The Kier molecular flexibility index (Phi) is 6.98. The highest BCUT2D eigenvalue weighted by molar-refractivity contribution is 5.81. The molecule has 0 aromatic carbocycles. The first-order chi connectivity index (χ1) is 17.9. The van der Waals surface area contributed by atoms with E-state index in [0.717, 1.165) is 60.2 Å². The summed E-state index contributed by atoms with van der Waals surface area (Å²) in [5.41, 5.74) is 4.71. The number of likely N-dealkylation sites (tertiary alicyclic amines) is 1. The molecule has 1 saturated heterocycles. The minimum atomic E-state index is 0.0904. The lowest BCUT2D eigenvalue weighted by Gasteiger charge is -2.33. The minimum Gasteiger partial charge on any atom is -0.331 e. The molecule has 4 aromatic rings. The largest absolute Gasteiger partial charge is 0.331 e. The summed E-state index contributed by atoms with van der Waals surface area (Å²) >= 11 is 0. The molecule has 1 aliphatic heterocycles. The van der Waals surface area contributed by atoms with E-state index in [2.05, 4.69) is 45.6 Å². The molecule has 4 aromatic heterocycles. The number of urea groups is 1. The number of hydrogen-bond donors (Lipinski definition) is 1. The van der Waals surface area contributed by atoms with Gasteiger partial charge in [0, 0.05) is 57.3 Å². The molecule has 5 rings (SSSR count). The summed E-state index contributed by atoms with van der Waals surface area (Å²) in [6.07, 6.45) is 9.56. The third-order valence-electron chi connectivity index (χ3n) is 6.82. The number of amides is 2. The summed E-state index contributed by atoms with van der Waals surface area (Å²) in [6.45, 7) is 6.68. The molecule has 10 heteroatoms. The van der Waals surface area contributed by atoms with Crippen LogP contribution in [0.15, 0.2) is 49.1 Å². The third-order valence-corrected chi connectivity index (χ3v) is 6.82. The molecule has 192 valence electrons. The molecule has 0 spiro atoms. The van der Waals surface area contributed by atoms with E-state index in [9.17, 15) is 4.79 Å². The summed E-state index contributed by atoms with van der Waals surface area (Å²) in [5, 5.41) is 16.1. The van der Waals surface area contributed by atoms with Gasteiger partial charge in [-0.15, -0.1) is 5.10 Å². The number of aromatic nitrogens is 6. The van der Waals surface area contributed by atoms with E-state index in [-0.39, 0.29) is 6.03 Å². The molecule has 0 unspecified atom stereocenters. The van der Waals surface area contributed by atoms with Gasteiger partial charge in [0.05, 0.1) is 23.4 Å². The van der Waals surface area contributed by atoms with E-state index >= 15 is 0 Å². The number of fused-ring (bicyclic) bond motifs is 1. The van der Waals surface area contributed by atoms with Crippen LogP contribution >= 0.6 is 0 Å². The molecule has 5 heterocycles. The Morgan fingerprint density at radius 2 is 1.86 bits per heavy atom. The molecule has 10 nitrogen and oxygen atoms in total. The van der Waals surface area contributed by atoms with Crippen molar-refractivity contribution in [1.29, 1.82) is 0 Å². The van der Waals surface area contributed by atoms with Gasteiger partial charge in [-0.05, 0) is 54.5 Å². The number of anilines is 2. The number of rotatable bonds is 6. The first-order valence-corrected chi connectivity index (χ1v) is 12.7. The van der Waals surface area contributed by atoms with Crippen LogP contribution in [-0.4, -0.2) is 73.0 Å². The van der Waals surface area contributed by atoms with Crippen LogP contribution in [0, 0.1) is 5.92 Å². The molecule has 0 bridgehead atoms. The number of nitrogens with zero attached hydrogens (tertiary/aromatic N) is 8. The van der Waals surface area contributed by atoms with Crippen molar-refractivity contribution in [2.24, 2.45) is 5.92 Å². The van der Waals surface area contributed by atoms with E-state index in [4.69, 9.17) is 4.98 Å². The van der Waals surface area contributed by atoms with Gasteiger partial charge in [0.1, 0.15) is 5.82 Å². The van der Waals surface area contributed by atoms with E-state index < -0.39 is 0 Å². The van der Waals surface area contributed by atoms with Gasteiger partial charge >= 0.3 is 6.03 Å². The number of hydrogen-bond acceptors (Lipinski definition) is 7. The Hall–Kier alpha value is -4.08. The van der Waals surface area contributed by atoms with Crippen LogP contribution in [0.3, 0.4) is 0 Å². The normalized spacial score (nSPS) is 14.4. The molecule has 2 amide bonds. The molecule has 0 atom stereocenters. The summed E-state index contributed by atoms with van der Waals surface area (Å²) in [4.78, 5) is 25.1. The van der Waals surface area contributed by atoms with Crippen LogP contribution in [0.5, 0.6) is 0 Å². The lowest BCUT2D eigenvalue weighted by molar-refractivity contribution is 0.142. The predicted octanol–water partition coefficient (Wildman–Crippen LogP) is 4.54. The van der Waals surface area contributed by atoms with Crippen molar-refractivity contribution < 1.29 is 4.79 Å². The SMILES string of the molecule is CC(C)c1cnnc(Nc2ccc3ncc(-c4cnn(CC5CCN(C(=O)N(C)C)CC5)c4)cc3n2)c1. The van der Waals surface area contributed by atoms with Gasteiger partial charge in [-0.2, -0.15) is 10.2 Å². The highest BCUT2D eigenvalue weighted by atomic mass is 16.2. The smallest absolute Gasteiger partial charge is 0.319 e. The zero-order chi connectivity index (χ0) is 25.9. The molecule has 1 N–H and O–H groups in total. The maximum Gasteiger partial charge on any atom is 0.319 e. The van der Waals surface area contributed by atoms with Crippen LogP contribution < -0.4 is 5.32 Å². The monoisotopic (exact) mass is 499 g/mol. The molecule has 37 heavy (non-hydrogen) atoms. The number of piperidine rings is 1. The summed E-state index contributed by atoms with van der Waals surface area (Å²) < 4.78 is 2.00. The van der Waals surface area contributed by atoms with Crippen molar-refractivity contribution in [1.82, 2.24) is 39.7 Å². The number of pyridine rings is 2. The fourth-order valence-corrected chi connectivity index (χ4v) is 4.59. The highest BCUT2D eigenvalue weighted by Gasteiger charge is 2.24. The van der Waals surface area contributed by atoms with Crippen molar-refractivity contribution in [3.05, 3.63) is 54.6 Å². The number of nitrogens with one attached hydrogen (secondary N) is 1. The van der Waals surface area contributed by atoms with Gasteiger partial charge in [0.25, 0.3) is 0 Å². The average Bonchev–Trinajstić information content (AvgIpc) is 3.37. The van der Waals surface area contributed by atoms with Gasteiger partial charge in [-0.1, -0.05) is 13.8 Å². The Bertz CT molecular complexity index is 1390. The van der Waals surface area contributed by atoms with Crippen LogP contribution in [0.25, 0.3) is 22.2 Å². The Morgan fingerprint density at radius 1 is 1.05 bits per heavy atom. The van der Waals surface area contributed by atoms with Gasteiger partial charge in [-0.3, -0.25) is 9.67 Å². The maximum atomic E-state index is 12.2. The third kappa shape index (κ3) is 5.68. The first-order valence-electron chi connectivity index (χ1n) is 12.7. The van der Waals surface area contributed by atoms with Crippen LogP contribution in [0.4, 0.5) is 16.4 Å². The lowest BCUT2D eigenvalue weighted by atomic mass is 9.97. The predicted molar refractivity (Wildman–Crippen MR) is 144 cm³/mol. The highest BCUT2D eigenvalue weighted by Crippen LogP contribution is 2.25. The molecular formula is C27H33N9O. The van der Waals surface area contributed by atoms with Crippen LogP contribution in [-0.2, 0) is 6.54 Å². The van der Waals surface area contributed by atoms with Crippen LogP contribution in [0.1, 0.15) is 38.2 Å². The van der Waals surface area contributed by atoms with E-state index in [1.54, 1.807) is 25.2 Å². The maximum absolute atomic E-state index is 12.2. The second kappa shape index (κ2) is 10.5. The molecule has 1 fully saturated rings. The molecular weight excluding hydrogens is 466 g/mol. The fraction of sp³-hybridized carbons (Fsp3) is 0.407. The van der Waals surface area contributed by atoms with Crippen molar-refractivity contribution >= 4 is 28.7 Å². The summed E-state index contributed by atoms with van der Waals surface area (Å²) in [6, 6.07) is 7.97. The second-order valence-corrected chi connectivity index (χ2v) is 10.2. The Labute approximate surface area is 216 Å². The first kappa shape index (κ1) is 24.6. The van der Waals surface area contributed by atoms with Gasteiger partial charge in [0.2, 0.25) is 0 Å². The van der Waals surface area contributed by atoms with Crippen molar-refractivity contribution in [2.75, 3.05) is 32.5 Å². The number of carbonyl (C=O) groups is 1. The van der Waals surface area contributed by atoms with E-state index in [1.165, 1.54) is 0 Å². The van der Waals surface area contributed by atoms with Gasteiger partial charge in [0.15, 0.2) is 5.82 Å². The minimum absolute atomic E-state index is 0.0904. The quantitative estimate of drug-likeness (QED) is 0.415. The molecule has 0 saturated carbocycles. The molecule has 0 radical (unpaired) electrons. The van der Waals surface area contributed by atoms with Gasteiger partial charge in [-0.25, -0.2) is 9.78 Å². The van der Waals surface area contributed by atoms with Gasteiger partial charge < -0.3 is 15.1 Å². The summed E-state index contributed by atoms with van der Waals surface area (Å²) in [5.74, 6) is 2.23. The zero-order valence-corrected chi connectivity index (χ0v) is 21.8. The standard InChI is InChI=1S/C27H33N9O/c1-18(2)20-12-26(33-29-14-20)32-25-6-5-23-24(31-25)11-21(13-28-23)22-15-30-36(17-22)16-19-7-9-35(10-8-19)27(37)34(3)4/h5-6,11-15,17-19H,7-10,16H2,1-4H3,(H,31,32,33). The fourth-order valence-electron chi connectivity index (χ4n) is 4.59. The average molecular weight is 500 g/mol. The lowest BCUT2D eigenvalue weighted by Crippen LogP contribution is -2.44. The van der Waals surface area contributed by atoms with Crippen molar-refractivity contribution in [3.63, 3.8) is 0 Å². The van der Waals surface area contributed by atoms with E-state index in [1.807, 2.05) is 46.2 Å². The zero-order valence-electron chi connectivity index (χ0n) is 21.8. The number of carbonyl (C=O) groups excluding carboxylic acids is 1. The van der Waals surface area contributed by atoms with Crippen molar-refractivity contribution in [2.45, 2.75) is 39.2 Å². The second-order valence-electron chi connectivity index (χ2n) is 10.2.